The predicted molar refractivity (Wildman–Crippen MR) is 227 cm³/mol. The van der Waals surface area contributed by atoms with Crippen LogP contribution in [0.2, 0.25) is 0 Å². The first-order valence-electron chi connectivity index (χ1n) is 18.7. The highest BCUT2D eigenvalue weighted by molar-refractivity contribution is 6.15. The summed E-state index contributed by atoms with van der Waals surface area (Å²) in [6.07, 6.45) is 0. The summed E-state index contributed by atoms with van der Waals surface area (Å²) >= 11 is 0. The molecule has 0 amide bonds. The maximum atomic E-state index is 6.63. The molecule has 8 aromatic carbocycles. The van der Waals surface area contributed by atoms with E-state index in [9.17, 15) is 0 Å². The molecule has 0 saturated heterocycles. The van der Waals surface area contributed by atoms with Crippen molar-refractivity contribution in [3.05, 3.63) is 188 Å². The second kappa shape index (κ2) is 13.0. The lowest BCUT2D eigenvalue weighted by Gasteiger charge is -2.10. The number of furan rings is 2. The van der Waals surface area contributed by atoms with Crippen LogP contribution in [0.15, 0.2) is 197 Å². The van der Waals surface area contributed by atoms with Gasteiger partial charge in [-0.3, -0.25) is 0 Å². The minimum absolute atomic E-state index is 0.583. The van der Waals surface area contributed by atoms with Gasteiger partial charge in [0.05, 0.1) is 0 Å². The molecular formula is C51H31N3O2. The van der Waals surface area contributed by atoms with Crippen molar-refractivity contribution in [2.75, 3.05) is 0 Å². The predicted octanol–water partition coefficient (Wildman–Crippen LogP) is 13.7. The van der Waals surface area contributed by atoms with Gasteiger partial charge in [-0.15, -0.1) is 0 Å². The summed E-state index contributed by atoms with van der Waals surface area (Å²) in [6.45, 7) is 0. The van der Waals surface area contributed by atoms with Gasteiger partial charge in [-0.2, -0.15) is 0 Å². The van der Waals surface area contributed by atoms with Gasteiger partial charge in [0.1, 0.15) is 22.3 Å². The Morgan fingerprint density at radius 2 is 0.804 bits per heavy atom. The highest BCUT2D eigenvalue weighted by Gasteiger charge is 2.20. The smallest absolute Gasteiger partial charge is 0.164 e. The first kappa shape index (κ1) is 31.9. The van der Waals surface area contributed by atoms with Crippen LogP contribution in [0.25, 0.3) is 111 Å². The number of rotatable bonds is 6. The number of benzene rings is 8. The standard InChI is InChI=1S/C51H31N3O2/c1-4-14-32(15-5-1)35-20-12-21-37(28-35)50-52-49(34-18-8-3-9-19-34)53-51(54-50)41-23-13-25-44-47(41)40-27-26-36(30-45(40)56-44)38-29-42(33-16-6-2-7-17-33)48-39-22-10-11-24-43(39)55-46(48)31-38/h1-31H. The molecule has 3 aromatic heterocycles. The van der Waals surface area contributed by atoms with Gasteiger partial charge in [0.25, 0.3) is 0 Å². The van der Waals surface area contributed by atoms with Crippen LogP contribution in [0, 0.1) is 0 Å². The van der Waals surface area contributed by atoms with E-state index < -0.39 is 0 Å². The summed E-state index contributed by atoms with van der Waals surface area (Å²) in [4.78, 5) is 15.3. The van der Waals surface area contributed by atoms with Gasteiger partial charge in [-0.05, 0) is 75.8 Å². The molecule has 11 rings (SSSR count). The molecule has 11 aromatic rings. The van der Waals surface area contributed by atoms with E-state index in [1.165, 1.54) is 0 Å². The molecular weight excluding hydrogens is 687 g/mol. The lowest BCUT2D eigenvalue weighted by Crippen LogP contribution is -2.00. The Morgan fingerprint density at radius 3 is 1.61 bits per heavy atom. The third-order valence-electron chi connectivity index (χ3n) is 10.5. The van der Waals surface area contributed by atoms with Crippen molar-refractivity contribution in [1.82, 2.24) is 15.0 Å². The fourth-order valence-electron chi connectivity index (χ4n) is 7.87. The van der Waals surface area contributed by atoms with Gasteiger partial charge in [-0.1, -0.05) is 146 Å². The van der Waals surface area contributed by atoms with Crippen molar-refractivity contribution < 1.29 is 8.83 Å². The number of fused-ring (bicyclic) bond motifs is 6. The second-order valence-electron chi connectivity index (χ2n) is 14.0. The highest BCUT2D eigenvalue weighted by atomic mass is 16.3. The zero-order valence-corrected chi connectivity index (χ0v) is 30.1. The Labute approximate surface area is 322 Å². The van der Waals surface area contributed by atoms with E-state index in [1.54, 1.807) is 0 Å². The van der Waals surface area contributed by atoms with E-state index in [1.807, 2.05) is 66.7 Å². The molecule has 0 radical (unpaired) electrons. The maximum absolute atomic E-state index is 6.63. The monoisotopic (exact) mass is 717 g/mol. The van der Waals surface area contributed by atoms with Crippen LogP contribution >= 0.6 is 0 Å². The fourth-order valence-corrected chi connectivity index (χ4v) is 7.87. The number of nitrogens with zero attached hydrogens (tertiary/aromatic N) is 3. The van der Waals surface area contributed by atoms with Crippen LogP contribution < -0.4 is 0 Å². The molecule has 0 aliphatic heterocycles. The molecule has 5 heteroatoms. The Bertz CT molecular complexity index is 3240. The third kappa shape index (κ3) is 5.45. The average Bonchev–Trinajstić information content (AvgIpc) is 3.85. The van der Waals surface area contributed by atoms with Crippen LogP contribution in [-0.4, -0.2) is 15.0 Å². The van der Waals surface area contributed by atoms with Crippen LogP contribution in [0.5, 0.6) is 0 Å². The highest BCUT2D eigenvalue weighted by Crippen LogP contribution is 2.42. The first-order valence-corrected chi connectivity index (χ1v) is 18.7. The molecule has 0 aliphatic carbocycles. The molecule has 5 nitrogen and oxygen atoms in total. The summed E-state index contributed by atoms with van der Waals surface area (Å²) in [7, 11) is 0. The van der Waals surface area contributed by atoms with E-state index in [0.29, 0.717) is 17.5 Å². The number of aromatic nitrogens is 3. The Kier molecular flexibility index (Phi) is 7.42. The molecule has 0 bridgehead atoms. The molecule has 0 fully saturated rings. The van der Waals surface area contributed by atoms with E-state index in [0.717, 1.165) is 93.9 Å². The normalized spacial score (nSPS) is 11.6. The van der Waals surface area contributed by atoms with Crippen LogP contribution in [-0.2, 0) is 0 Å². The van der Waals surface area contributed by atoms with E-state index in [4.69, 9.17) is 23.8 Å². The van der Waals surface area contributed by atoms with Crippen molar-refractivity contribution in [3.8, 4) is 67.5 Å². The fraction of sp³-hybridized carbons (Fsp3) is 0. The van der Waals surface area contributed by atoms with Gasteiger partial charge >= 0.3 is 0 Å². The average molecular weight is 718 g/mol. The lowest BCUT2D eigenvalue weighted by atomic mass is 9.94. The van der Waals surface area contributed by atoms with Gasteiger partial charge < -0.3 is 8.83 Å². The second-order valence-corrected chi connectivity index (χ2v) is 14.0. The summed E-state index contributed by atoms with van der Waals surface area (Å²) < 4.78 is 13.1. The van der Waals surface area contributed by atoms with Gasteiger partial charge in [-0.25, -0.2) is 15.0 Å². The molecule has 0 N–H and O–H groups in total. The quantitative estimate of drug-likeness (QED) is 0.171. The maximum Gasteiger partial charge on any atom is 0.164 e. The number of hydrogen-bond acceptors (Lipinski definition) is 5. The van der Waals surface area contributed by atoms with Crippen molar-refractivity contribution in [1.29, 1.82) is 0 Å². The minimum Gasteiger partial charge on any atom is -0.456 e. The van der Waals surface area contributed by atoms with Gasteiger partial charge in [0.15, 0.2) is 17.5 Å². The summed E-state index contributed by atoms with van der Waals surface area (Å²) in [5.41, 5.74) is 12.6. The van der Waals surface area contributed by atoms with E-state index in [-0.39, 0.29) is 0 Å². The first-order chi connectivity index (χ1) is 27.7. The van der Waals surface area contributed by atoms with Crippen LogP contribution in [0.4, 0.5) is 0 Å². The van der Waals surface area contributed by atoms with Gasteiger partial charge in [0, 0.05) is 38.2 Å². The Morgan fingerprint density at radius 1 is 0.268 bits per heavy atom. The Hall–Kier alpha value is -7.63. The van der Waals surface area contributed by atoms with Crippen molar-refractivity contribution in [2.45, 2.75) is 0 Å². The minimum atomic E-state index is 0.583. The number of para-hydroxylation sites is 1. The van der Waals surface area contributed by atoms with Crippen LogP contribution in [0.3, 0.4) is 0 Å². The molecule has 56 heavy (non-hydrogen) atoms. The molecule has 262 valence electrons. The van der Waals surface area contributed by atoms with E-state index in [2.05, 4.69) is 121 Å². The molecule has 0 aliphatic rings. The lowest BCUT2D eigenvalue weighted by molar-refractivity contribution is 0.668. The zero-order valence-electron chi connectivity index (χ0n) is 30.1. The van der Waals surface area contributed by atoms with E-state index >= 15 is 0 Å². The zero-order chi connectivity index (χ0) is 37.0. The third-order valence-corrected chi connectivity index (χ3v) is 10.5. The summed E-state index contributed by atoms with van der Waals surface area (Å²) in [5, 5.41) is 4.17. The molecule has 0 atom stereocenters. The molecule has 0 saturated carbocycles. The summed E-state index contributed by atoms with van der Waals surface area (Å²) in [5.74, 6) is 1.80. The Balaban J connectivity index is 1.07. The van der Waals surface area contributed by atoms with Gasteiger partial charge in [0.2, 0.25) is 0 Å². The molecule has 0 spiro atoms. The molecule has 0 unspecified atom stereocenters. The van der Waals surface area contributed by atoms with Crippen molar-refractivity contribution >= 4 is 43.9 Å². The topological polar surface area (TPSA) is 65.0 Å². The SMILES string of the molecule is c1ccc(-c2cccc(-c3nc(-c4ccccc4)nc(-c4cccc5oc6cc(-c7cc(-c8ccccc8)c8c(c7)oc7ccccc78)ccc6c45)n3)c2)cc1. The van der Waals surface area contributed by atoms with Crippen molar-refractivity contribution in [2.24, 2.45) is 0 Å². The van der Waals surface area contributed by atoms with Crippen molar-refractivity contribution in [3.63, 3.8) is 0 Å². The van der Waals surface area contributed by atoms with Crippen LogP contribution in [0.1, 0.15) is 0 Å². The number of hydrogen-bond donors (Lipinski definition) is 0. The summed E-state index contributed by atoms with van der Waals surface area (Å²) in [6, 6.07) is 64.5. The molecule has 3 heterocycles. The largest absolute Gasteiger partial charge is 0.456 e.